The molecule has 1 aromatic carbocycles. The molecule has 0 aromatic heterocycles. The van der Waals surface area contributed by atoms with Crippen molar-refractivity contribution in [1.82, 2.24) is 0 Å². The fourth-order valence-electron chi connectivity index (χ4n) is 1.51. The van der Waals surface area contributed by atoms with Crippen LogP contribution in [0.25, 0.3) is 0 Å². The molecule has 0 saturated carbocycles. The Bertz CT molecular complexity index is 381. The van der Waals surface area contributed by atoms with Gasteiger partial charge in [-0.25, -0.2) is 0 Å². The Morgan fingerprint density at radius 1 is 1.47 bits per heavy atom. The lowest BCUT2D eigenvalue weighted by Gasteiger charge is -2.18. The number of hydrogen-bond acceptors (Lipinski definition) is 4. The zero-order chi connectivity index (χ0) is 11.0. The van der Waals surface area contributed by atoms with Crippen molar-refractivity contribution in [1.29, 1.82) is 0 Å². The first-order valence-corrected chi connectivity index (χ1v) is 5.42. The van der Waals surface area contributed by atoms with Crippen molar-refractivity contribution in [2.45, 2.75) is 19.1 Å². The number of halogens is 1. The smallest absolute Gasteiger partial charge is 0.231 e. The van der Waals surface area contributed by atoms with Crippen LogP contribution in [-0.2, 0) is 0 Å². The van der Waals surface area contributed by atoms with Crippen molar-refractivity contribution in [3.05, 3.63) is 22.2 Å². The summed E-state index contributed by atoms with van der Waals surface area (Å²) in [4.78, 5) is 0. The van der Waals surface area contributed by atoms with Crippen molar-refractivity contribution in [3.63, 3.8) is 0 Å². The van der Waals surface area contributed by atoms with Gasteiger partial charge in [0.05, 0.1) is 6.10 Å². The van der Waals surface area contributed by atoms with E-state index in [0.29, 0.717) is 17.1 Å². The van der Waals surface area contributed by atoms with Gasteiger partial charge >= 0.3 is 0 Å². The van der Waals surface area contributed by atoms with Crippen LogP contribution in [0.15, 0.2) is 16.6 Å². The summed E-state index contributed by atoms with van der Waals surface area (Å²) in [5.74, 6) is 1.22. The zero-order valence-corrected chi connectivity index (χ0v) is 9.82. The SMILES string of the molecule is CC(N)C(O)c1c(Br)ccc2c1OCO2. The summed E-state index contributed by atoms with van der Waals surface area (Å²) in [5, 5.41) is 9.95. The number of hydrogen-bond donors (Lipinski definition) is 2. The molecule has 0 fully saturated rings. The summed E-state index contributed by atoms with van der Waals surface area (Å²) < 4.78 is 11.3. The van der Waals surface area contributed by atoms with Crippen LogP contribution in [0.1, 0.15) is 18.6 Å². The quantitative estimate of drug-likeness (QED) is 0.859. The molecule has 0 aliphatic carbocycles. The first kappa shape index (κ1) is 10.7. The second-order valence-corrected chi connectivity index (χ2v) is 4.35. The number of aliphatic hydroxyl groups is 1. The monoisotopic (exact) mass is 273 g/mol. The molecular formula is C10H12BrNO3. The zero-order valence-electron chi connectivity index (χ0n) is 8.24. The summed E-state index contributed by atoms with van der Waals surface area (Å²) in [6.07, 6.45) is -0.768. The molecule has 2 atom stereocenters. The van der Waals surface area contributed by atoms with Crippen LogP contribution in [0.5, 0.6) is 11.5 Å². The van der Waals surface area contributed by atoms with Crippen molar-refractivity contribution < 1.29 is 14.6 Å². The highest BCUT2D eigenvalue weighted by atomic mass is 79.9. The Balaban J connectivity index is 2.50. The second kappa shape index (κ2) is 4.00. The molecule has 1 aliphatic heterocycles. The van der Waals surface area contributed by atoms with E-state index in [-0.39, 0.29) is 12.8 Å². The second-order valence-electron chi connectivity index (χ2n) is 3.50. The lowest BCUT2D eigenvalue weighted by atomic mass is 10.0. The van der Waals surface area contributed by atoms with E-state index in [1.54, 1.807) is 13.0 Å². The van der Waals surface area contributed by atoms with Crippen molar-refractivity contribution in [2.75, 3.05) is 6.79 Å². The maximum Gasteiger partial charge on any atom is 0.231 e. The van der Waals surface area contributed by atoms with E-state index in [1.165, 1.54) is 0 Å². The van der Waals surface area contributed by atoms with Gasteiger partial charge in [0.15, 0.2) is 11.5 Å². The minimum Gasteiger partial charge on any atom is -0.454 e. The Hall–Kier alpha value is -0.780. The first-order chi connectivity index (χ1) is 7.11. The third-order valence-corrected chi connectivity index (χ3v) is 3.01. The van der Waals surface area contributed by atoms with Gasteiger partial charge in [-0.05, 0) is 19.1 Å². The molecule has 2 rings (SSSR count). The Morgan fingerprint density at radius 3 is 2.87 bits per heavy atom. The molecule has 0 bridgehead atoms. The molecule has 0 saturated heterocycles. The predicted molar refractivity (Wildman–Crippen MR) is 58.9 cm³/mol. The number of nitrogens with two attached hydrogens (primary N) is 1. The van der Waals surface area contributed by atoms with E-state index < -0.39 is 6.10 Å². The maximum atomic E-state index is 9.95. The van der Waals surface area contributed by atoms with E-state index in [9.17, 15) is 5.11 Å². The average Bonchev–Trinajstić information content (AvgIpc) is 2.64. The molecule has 82 valence electrons. The average molecular weight is 274 g/mol. The molecule has 0 amide bonds. The molecule has 1 heterocycles. The fourth-order valence-corrected chi connectivity index (χ4v) is 2.06. The Morgan fingerprint density at radius 2 is 2.20 bits per heavy atom. The Labute approximate surface area is 96.1 Å². The van der Waals surface area contributed by atoms with Gasteiger partial charge in [-0.15, -0.1) is 0 Å². The summed E-state index contributed by atoms with van der Waals surface area (Å²) in [5.41, 5.74) is 6.32. The van der Waals surface area contributed by atoms with Gasteiger partial charge < -0.3 is 20.3 Å². The van der Waals surface area contributed by atoms with E-state index in [0.717, 1.165) is 4.47 Å². The van der Waals surface area contributed by atoms with Gasteiger partial charge in [0.2, 0.25) is 6.79 Å². The van der Waals surface area contributed by atoms with Crippen molar-refractivity contribution in [2.24, 2.45) is 5.73 Å². The maximum absolute atomic E-state index is 9.95. The van der Waals surface area contributed by atoms with Gasteiger partial charge in [-0.3, -0.25) is 0 Å². The first-order valence-electron chi connectivity index (χ1n) is 4.63. The minimum absolute atomic E-state index is 0.185. The number of fused-ring (bicyclic) bond motifs is 1. The van der Waals surface area contributed by atoms with Gasteiger partial charge in [-0.1, -0.05) is 15.9 Å². The largest absolute Gasteiger partial charge is 0.454 e. The summed E-state index contributed by atoms with van der Waals surface area (Å²) in [6.45, 7) is 1.93. The van der Waals surface area contributed by atoms with E-state index in [2.05, 4.69) is 15.9 Å². The van der Waals surface area contributed by atoms with Crippen LogP contribution in [0.3, 0.4) is 0 Å². The highest BCUT2D eigenvalue weighted by Crippen LogP contribution is 2.43. The van der Waals surface area contributed by atoms with E-state index >= 15 is 0 Å². The molecule has 1 aliphatic rings. The molecule has 3 N–H and O–H groups in total. The van der Waals surface area contributed by atoms with E-state index in [1.807, 2.05) is 6.07 Å². The summed E-state index contributed by atoms with van der Waals surface area (Å²) in [6, 6.07) is 3.25. The highest BCUT2D eigenvalue weighted by molar-refractivity contribution is 9.10. The molecule has 0 spiro atoms. The van der Waals surface area contributed by atoms with Gasteiger partial charge in [0.25, 0.3) is 0 Å². The highest BCUT2D eigenvalue weighted by Gasteiger charge is 2.26. The number of benzene rings is 1. The molecule has 15 heavy (non-hydrogen) atoms. The third kappa shape index (κ3) is 1.82. The van der Waals surface area contributed by atoms with Crippen LogP contribution in [0.4, 0.5) is 0 Å². The van der Waals surface area contributed by atoms with Crippen LogP contribution in [-0.4, -0.2) is 17.9 Å². The van der Waals surface area contributed by atoms with E-state index in [4.69, 9.17) is 15.2 Å². The van der Waals surface area contributed by atoms with Gasteiger partial charge in [-0.2, -0.15) is 0 Å². The minimum atomic E-state index is -0.768. The van der Waals surface area contributed by atoms with Gasteiger partial charge in [0, 0.05) is 16.1 Å². The summed E-state index contributed by atoms with van der Waals surface area (Å²) in [7, 11) is 0. The standard InChI is InChI=1S/C10H12BrNO3/c1-5(12)9(13)8-6(11)2-3-7-10(8)15-4-14-7/h2-3,5,9,13H,4,12H2,1H3. The van der Waals surface area contributed by atoms with Crippen molar-refractivity contribution >= 4 is 15.9 Å². The van der Waals surface area contributed by atoms with Crippen molar-refractivity contribution in [3.8, 4) is 11.5 Å². The molecular weight excluding hydrogens is 262 g/mol. The number of aliphatic hydroxyl groups excluding tert-OH is 1. The van der Waals surface area contributed by atoms with Crippen LogP contribution < -0.4 is 15.2 Å². The molecule has 4 nitrogen and oxygen atoms in total. The molecule has 1 aromatic rings. The molecule has 2 unspecified atom stereocenters. The molecule has 0 radical (unpaired) electrons. The Kier molecular flexibility index (Phi) is 2.86. The van der Waals surface area contributed by atoms with Crippen LogP contribution >= 0.6 is 15.9 Å². The van der Waals surface area contributed by atoms with Crippen LogP contribution in [0, 0.1) is 0 Å². The summed E-state index contributed by atoms with van der Waals surface area (Å²) >= 11 is 3.37. The third-order valence-electron chi connectivity index (χ3n) is 2.32. The molecule has 5 heteroatoms. The van der Waals surface area contributed by atoms with Crippen LogP contribution in [0.2, 0.25) is 0 Å². The van der Waals surface area contributed by atoms with Gasteiger partial charge in [0.1, 0.15) is 0 Å². The fraction of sp³-hybridized carbons (Fsp3) is 0.400. The predicted octanol–water partition coefficient (Wildman–Crippen LogP) is 1.56. The topological polar surface area (TPSA) is 64.7 Å². The lowest BCUT2D eigenvalue weighted by molar-refractivity contribution is 0.141. The number of ether oxygens (including phenoxy) is 2. The number of rotatable bonds is 2. The normalized spacial score (nSPS) is 17.6. The lowest BCUT2D eigenvalue weighted by Crippen LogP contribution is -2.25.